The number of aliphatic hydroxyl groups is 1. The molecule has 46 heavy (non-hydrogen) atoms. The summed E-state index contributed by atoms with van der Waals surface area (Å²) in [5.41, 5.74) is 10.5. The van der Waals surface area contributed by atoms with E-state index in [1.54, 1.807) is 30.3 Å². The normalized spacial score (nSPS) is 21.6. The van der Waals surface area contributed by atoms with Crippen LogP contribution in [0.25, 0.3) is 10.4 Å². The molecule has 0 saturated carbocycles. The molecule has 1 heterocycles. The first-order chi connectivity index (χ1) is 22.2. The Bertz CT molecular complexity index is 1580. The number of carbonyl (C=O) groups is 1. The number of hydrogen-bond donors (Lipinski definition) is 1. The van der Waals surface area contributed by atoms with Gasteiger partial charge in [0.1, 0.15) is 12.1 Å². The molecule has 4 aromatic rings. The lowest BCUT2D eigenvalue weighted by molar-refractivity contribution is -0.324. The van der Waals surface area contributed by atoms with Gasteiger partial charge in [-0.25, -0.2) is 4.79 Å². The molecule has 1 fully saturated rings. The van der Waals surface area contributed by atoms with Crippen LogP contribution in [0.3, 0.4) is 0 Å². The first-order valence-corrected chi connectivity index (χ1v) is 17.2. The van der Waals surface area contributed by atoms with Crippen molar-refractivity contribution in [2.45, 2.75) is 56.5 Å². The maximum absolute atomic E-state index is 13.4. The Balaban J connectivity index is 1.56. The van der Waals surface area contributed by atoms with Crippen LogP contribution < -0.4 is 10.4 Å². The van der Waals surface area contributed by atoms with Crippen LogP contribution in [-0.2, 0) is 25.2 Å². The fraction of sp³-hybridized carbons (Fsp3) is 0.306. The van der Waals surface area contributed by atoms with Gasteiger partial charge in [-0.15, -0.1) is 0 Å². The summed E-state index contributed by atoms with van der Waals surface area (Å²) in [6.07, 6.45) is -2.46. The van der Waals surface area contributed by atoms with Crippen molar-refractivity contribution < 1.29 is 28.5 Å². The van der Waals surface area contributed by atoms with Crippen LogP contribution in [0.15, 0.2) is 126 Å². The number of azide groups is 1. The van der Waals surface area contributed by atoms with Crippen LogP contribution in [0, 0.1) is 0 Å². The van der Waals surface area contributed by atoms with Gasteiger partial charge < -0.3 is 23.7 Å². The zero-order valence-corrected chi connectivity index (χ0v) is 27.2. The average Bonchev–Trinajstić information content (AvgIpc) is 3.07. The second kappa shape index (κ2) is 14.4. The van der Waals surface area contributed by atoms with E-state index in [0.29, 0.717) is 5.56 Å². The molecule has 9 nitrogen and oxygen atoms in total. The van der Waals surface area contributed by atoms with Crippen molar-refractivity contribution in [2.24, 2.45) is 5.11 Å². The summed E-state index contributed by atoms with van der Waals surface area (Å²) in [6, 6.07) is 37.0. The van der Waals surface area contributed by atoms with Crippen LogP contribution in [0.2, 0.25) is 5.04 Å². The Morgan fingerprint density at radius 1 is 0.913 bits per heavy atom. The quantitative estimate of drug-likeness (QED) is 0.0732. The molecule has 4 aromatic carbocycles. The van der Waals surface area contributed by atoms with Crippen molar-refractivity contribution in [2.75, 3.05) is 13.2 Å². The third-order valence-electron chi connectivity index (χ3n) is 8.26. The fourth-order valence-corrected chi connectivity index (χ4v) is 10.6. The van der Waals surface area contributed by atoms with Gasteiger partial charge in [-0.2, -0.15) is 0 Å². The zero-order chi connectivity index (χ0) is 32.6. The van der Waals surface area contributed by atoms with Crippen molar-refractivity contribution in [1.82, 2.24) is 0 Å². The number of nitrogens with zero attached hydrogens (tertiary/aromatic N) is 3. The summed E-state index contributed by atoms with van der Waals surface area (Å²) >= 11 is 0. The van der Waals surface area contributed by atoms with E-state index in [1.807, 2.05) is 66.7 Å². The van der Waals surface area contributed by atoms with Crippen molar-refractivity contribution in [1.29, 1.82) is 0 Å². The summed E-state index contributed by atoms with van der Waals surface area (Å²) in [6.45, 7) is 5.95. The number of rotatable bonds is 11. The summed E-state index contributed by atoms with van der Waals surface area (Å²) in [5, 5.41) is 17.9. The highest BCUT2D eigenvalue weighted by Gasteiger charge is 2.57. The lowest BCUT2D eigenvalue weighted by Gasteiger charge is -2.48. The minimum absolute atomic E-state index is 0.0682. The summed E-state index contributed by atoms with van der Waals surface area (Å²) in [5.74, 6) is -2.72. The number of hydrogen-bond acceptors (Lipinski definition) is 7. The van der Waals surface area contributed by atoms with Gasteiger partial charge in [-0.1, -0.05) is 135 Å². The Morgan fingerprint density at radius 2 is 1.43 bits per heavy atom. The topological polar surface area (TPSA) is 123 Å². The molecule has 4 atom stereocenters. The van der Waals surface area contributed by atoms with Gasteiger partial charge in [0.15, 0.2) is 6.10 Å². The maximum Gasteiger partial charge on any atom is 0.338 e. The number of ether oxygens (including phenoxy) is 3. The van der Waals surface area contributed by atoms with E-state index in [2.05, 4.69) is 55.1 Å². The molecule has 0 aromatic heterocycles. The number of esters is 1. The van der Waals surface area contributed by atoms with Crippen molar-refractivity contribution in [3.05, 3.63) is 143 Å². The minimum atomic E-state index is -3.12. The molecule has 0 spiro atoms. The lowest BCUT2D eigenvalue weighted by atomic mass is 9.95. The standard InChI is InChI=1S/C36H39N3O6Si/c1-35(2,3)46(29-20-12-6-13-21-29,30-22-14-7-15-23-30)44-26-36(41)33(42-24-27-16-8-4-9-17-27)32(31(25-43-36)38-39-37)45-34(40)28-18-10-5-11-19-28/h4-23,31-33,41H,24-26H2,1-3H3/t31-,32-,33+,36-/m1/s1. The molecule has 238 valence electrons. The molecule has 0 bridgehead atoms. The van der Waals surface area contributed by atoms with Gasteiger partial charge in [0.2, 0.25) is 5.79 Å². The van der Waals surface area contributed by atoms with E-state index in [1.165, 1.54) is 0 Å². The van der Waals surface area contributed by atoms with E-state index in [9.17, 15) is 15.4 Å². The van der Waals surface area contributed by atoms with E-state index < -0.39 is 38.3 Å². The van der Waals surface area contributed by atoms with Gasteiger partial charge in [0, 0.05) is 4.91 Å². The van der Waals surface area contributed by atoms with E-state index >= 15 is 0 Å². The van der Waals surface area contributed by atoms with E-state index in [-0.39, 0.29) is 24.9 Å². The second-order valence-electron chi connectivity index (χ2n) is 12.3. The third kappa shape index (κ3) is 7.08. The Hall–Kier alpha value is -4.28. The highest BCUT2D eigenvalue weighted by Crippen LogP contribution is 2.39. The van der Waals surface area contributed by atoms with Gasteiger partial charge in [-0.3, -0.25) is 0 Å². The molecule has 0 unspecified atom stereocenters. The minimum Gasteiger partial charge on any atom is -0.455 e. The Morgan fingerprint density at radius 3 is 1.96 bits per heavy atom. The van der Waals surface area contributed by atoms with E-state index in [4.69, 9.17) is 18.6 Å². The summed E-state index contributed by atoms with van der Waals surface area (Å²) < 4.78 is 25.5. The average molecular weight is 638 g/mol. The van der Waals surface area contributed by atoms with Crippen LogP contribution >= 0.6 is 0 Å². The first kappa shape index (κ1) is 33.1. The van der Waals surface area contributed by atoms with Crippen molar-refractivity contribution >= 4 is 24.7 Å². The largest absolute Gasteiger partial charge is 0.455 e. The Kier molecular flexibility index (Phi) is 10.4. The molecule has 1 aliphatic rings. The number of benzene rings is 4. The van der Waals surface area contributed by atoms with Crippen LogP contribution in [0.1, 0.15) is 36.7 Å². The highest BCUT2D eigenvalue weighted by atomic mass is 28.4. The highest BCUT2D eigenvalue weighted by molar-refractivity contribution is 6.99. The van der Waals surface area contributed by atoms with Crippen molar-refractivity contribution in [3.63, 3.8) is 0 Å². The Labute approximate surface area is 270 Å². The van der Waals surface area contributed by atoms with Crippen LogP contribution in [0.4, 0.5) is 0 Å². The predicted octanol–water partition coefficient (Wildman–Crippen LogP) is 5.77. The van der Waals surface area contributed by atoms with Crippen molar-refractivity contribution in [3.8, 4) is 0 Å². The molecular formula is C36H39N3O6Si. The lowest BCUT2D eigenvalue weighted by Crippen LogP contribution is -2.70. The monoisotopic (exact) mass is 637 g/mol. The first-order valence-electron chi connectivity index (χ1n) is 15.2. The smallest absolute Gasteiger partial charge is 0.338 e. The second-order valence-corrected chi connectivity index (χ2v) is 16.6. The molecule has 0 amide bonds. The molecule has 1 saturated heterocycles. The fourth-order valence-electron chi connectivity index (χ4n) is 6.02. The molecule has 5 rings (SSSR count). The zero-order valence-electron chi connectivity index (χ0n) is 26.2. The molecular weight excluding hydrogens is 598 g/mol. The van der Waals surface area contributed by atoms with Crippen LogP contribution in [-0.4, -0.2) is 56.6 Å². The third-order valence-corrected chi connectivity index (χ3v) is 13.2. The van der Waals surface area contributed by atoms with Gasteiger partial charge in [0.05, 0.1) is 25.4 Å². The molecule has 1 N–H and O–H groups in total. The van der Waals surface area contributed by atoms with Crippen LogP contribution in [0.5, 0.6) is 0 Å². The number of carbonyl (C=O) groups excluding carboxylic acids is 1. The van der Waals surface area contributed by atoms with Gasteiger partial charge in [0.25, 0.3) is 8.32 Å². The predicted molar refractivity (Wildman–Crippen MR) is 178 cm³/mol. The van der Waals surface area contributed by atoms with Gasteiger partial charge in [-0.05, 0) is 38.6 Å². The SMILES string of the molecule is CC(C)(C)[Si](OC[C@@]1(O)OC[C@@H](N=[N+]=[N-])[C@@H](OC(=O)c2ccccc2)[C@@H]1OCc1ccccc1)(c1ccccc1)c1ccccc1. The summed E-state index contributed by atoms with van der Waals surface area (Å²) in [4.78, 5) is 16.3. The molecule has 10 heteroatoms. The van der Waals surface area contributed by atoms with E-state index in [0.717, 1.165) is 15.9 Å². The van der Waals surface area contributed by atoms with Gasteiger partial charge >= 0.3 is 5.97 Å². The molecule has 0 radical (unpaired) electrons. The molecule has 0 aliphatic carbocycles. The summed E-state index contributed by atoms with van der Waals surface area (Å²) in [7, 11) is -3.12. The maximum atomic E-state index is 13.4. The molecule has 1 aliphatic heterocycles.